The van der Waals surface area contributed by atoms with Crippen LogP contribution in [0, 0.1) is 17.6 Å². The maximum atomic E-state index is 13.3. The maximum absolute atomic E-state index is 13.3. The van der Waals surface area contributed by atoms with Gasteiger partial charge in [-0.1, -0.05) is 19.9 Å². The van der Waals surface area contributed by atoms with Gasteiger partial charge in [0.05, 0.1) is 18.8 Å². The fourth-order valence-corrected chi connectivity index (χ4v) is 1.99. The van der Waals surface area contributed by atoms with Crippen LogP contribution in [0.5, 0.6) is 0 Å². The Balaban J connectivity index is 2.58. The average Bonchev–Trinajstić information content (AvgIpc) is 2.49. The van der Waals surface area contributed by atoms with Gasteiger partial charge >= 0.3 is 6.03 Å². The van der Waals surface area contributed by atoms with E-state index in [1.807, 2.05) is 13.8 Å². The van der Waals surface area contributed by atoms with Crippen LogP contribution in [0.25, 0.3) is 0 Å². The number of carbonyl (C=O) groups is 1. The lowest BCUT2D eigenvalue weighted by molar-refractivity contribution is 0.116. The topological polar surface area (TPSA) is 70.6 Å². The molecule has 3 N–H and O–H groups in total. The van der Waals surface area contributed by atoms with Crippen molar-refractivity contribution in [2.45, 2.75) is 32.4 Å². The SMILES string of the molecule is COCC(NC(=O)NCCC(O)C(C)C)c1ccc(F)c(F)c1. The van der Waals surface area contributed by atoms with Gasteiger partial charge in [0, 0.05) is 13.7 Å². The van der Waals surface area contributed by atoms with E-state index in [1.165, 1.54) is 13.2 Å². The monoisotopic (exact) mass is 330 g/mol. The van der Waals surface area contributed by atoms with Gasteiger partial charge in [-0.2, -0.15) is 0 Å². The molecule has 1 rings (SSSR count). The molecule has 0 spiro atoms. The Morgan fingerprint density at radius 3 is 2.57 bits per heavy atom. The molecule has 0 aliphatic carbocycles. The number of ether oxygens (including phenoxy) is 1. The minimum Gasteiger partial charge on any atom is -0.393 e. The van der Waals surface area contributed by atoms with Crippen molar-refractivity contribution in [2.24, 2.45) is 5.92 Å². The quantitative estimate of drug-likeness (QED) is 0.685. The van der Waals surface area contributed by atoms with Crippen LogP contribution in [-0.4, -0.2) is 37.5 Å². The number of hydrogen-bond acceptors (Lipinski definition) is 3. The van der Waals surface area contributed by atoms with Crippen molar-refractivity contribution < 1.29 is 23.4 Å². The number of aliphatic hydroxyl groups is 1. The van der Waals surface area contributed by atoms with Crippen LogP contribution in [0.1, 0.15) is 31.9 Å². The lowest BCUT2D eigenvalue weighted by Gasteiger charge is -2.20. The van der Waals surface area contributed by atoms with E-state index in [0.29, 0.717) is 18.5 Å². The Labute approximate surface area is 135 Å². The molecule has 130 valence electrons. The Morgan fingerprint density at radius 2 is 2.00 bits per heavy atom. The number of methoxy groups -OCH3 is 1. The second-order valence-corrected chi connectivity index (χ2v) is 5.68. The predicted octanol–water partition coefficient (Wildman–Crippen LogP) is 2.36. The minimum absolute atomic E-state index is 0.114. The third kappa shape index (κ3) is 6.50. The number of nitrogens with one attached hydrogen (secondary N) is 2. The molecule has 2 unspecified atom stereocenters. The van der Waals surface area contributed by atoms with Crippen molar-refractivity contribution in [1.82, 2.24) is 10.6 Å². The standard InChI is InChI=1S/C16H24F2N2O3/c1-10(2)15(21)6-7-19-16(22)20-14(9-23-3)11-4-5-12(17)13(18)8-11/h4-5,8,10,14-15,21H,6-7,9H2,1-3H3,(H2,19,20,22). The van der Waals surface area contributed by atoms with Gasteiger partial charge in [-0.15, -0.1) is 0 Å². The fraction of sp³-hybridized carbons (Fsp3) is 0.562. The largest absolute Gasteiger partial charge is 0.393 e. The second kappa shape index (κ2) is 9.42. The van der Waals surface area contributed by atoms with Gasteiger partial charge in [-0.05, 0) is 30.0 Å². The normalized spacial score (nSPS) is 13.7. The molecule has 2 amide bonds. The van der Waals surface area contributed by atoms with Gasteiger partial charge in [0.2, 0.25) is 0 Å². The molecule has 0 heterocycles. The van der Waals surface area contributed by atoms with Crippen molar-refractivity contribution >= 4 is 6.03 Å². The van der Waals surface area contributed by atoms with Crippen molar-refractivity contribution in [3.63, 3.8) is 0 Å². The van der Waals surface area contributed by atoms with Gasteiger partial charge < -0.3 is 20.5 Å². The van der Waals surface area contributed by atoms with E-state index in [4.69, 9.17) is 4.74 Å². The smallest absolute Gasteiger partial charge is 0.315 e. The van der Waals surface area contributed by atoms with E-state index in [0.717, 1.165) is 12.1 Å². The zero-order valence-electron chi connectivity index (χ0n) is 13.6. The van der Waals surface area contributed by atoms with Crippen molar-refractivity contribution in [1.29, 1.82) is 0 Å². The second-order valence-electron chi connectivity index (χ2n) is 5.68. The van der Waals surface area contributed by atoms with E-state index in [9.17, 15) is 18.7 Å². The number of urea groups is 1. The van der Waals surface area contributed by atoms with Crippen LogP contribution in [0.2, 0.25) is 0 Å². The number of benzene rings is 1. The summed E-state index contributed by atoms with van der Waals surface area (Å²) in [5.41, 5.74) is 0.406. The zero-order chi connectivity index (χ0) is 17.4. The molecule has 0 radical (unpaired) electrons. The Bertz CT molecular complexity index is 512. The first-order valence-corrected chi connectivity index (χ1v) is 7.51. The van der Waals surface area contributed by atoms with E-state index >= 15 is 0 Å². The zero-order valence-corrected chi connectivity index (χ0v) is 13.6. The van der Waals surface area contributed by atoms with Gasteiger partial charge in [-0.3, -0.25) is 0 Å². The summed E-state index contributed by atoms with van der Waals surface area (Å²) in [5.74, 6) is -1.81. The Hall–Kier alpha value is -1.73. The minimum atomic E-state index is -0.981. The number of amides is 2. The molecule has 1 aromatic carbocycles. The lowest BCUT2D eigenvalue weighted by Crippen LogP contribution is -2.40. The van der Waals surface area contributed by atoms with Gasteiger partial charge in [0.25, 0.3) is 0 Å². The first-order chi connectivity index (χ1) is 10.8. The molecular weight excluding hydrogens is 306 g/mol. The molecule has 7 heteroatoms. The summed E-state index contributed by atoms with van der Waals surface area (Å²) in [7, 11) is 1.45. The van der Waals surface area contributed by atoms with Gasteiger partial charge in [-0.25, -0.2) is 13.6 Å². The van der Waals surface area contributed by atoms with Crippen molar-refractivity contribution in [3.8, 4) is 0 Å². The van der Waals surface area contributed by atoms with Crippen molar-refractivity contribution in [2.75, 3.05) is 20.3 Å². The van der Waals surface area contributed by atoms with E-state index in [1.54, 1.807) is 0 Å². The molecule has 0 saturated carbocycles. The third-order valence-corrected chi connectivity index (χ3v) is 3.48. The molecule has 0 aromatic heterocycles. The van der Waals surface area contributed by atoms with E-state index in [2.05, 4.69) is 10.6 Å². The maximum Gasteiger partial charge on any atom is 0.315 e. The van der Waals surface area contributed by atoms with Crippen LogP contribution in [-0.2, 0) is 4.74 Å². The van der Waals surface area contributed by atoms with E-state index in [-0.39, 0.29) is 12.5 Å². The van der Waals surface area contributed by atoms with Crippen LogP contribution in [0.4, 0.5) is 13.6 Å². The molecule has 0 bridgehead atoms. The summed E-state index contributed by atoms with van der Waals surface area (Å²) in [5, 5.41) is 14.9. The van der Waals surface area contributed by atoms with Crippen LogP contribution >= 0.6 is 0 Å². The summed E-state index contributed by atoms with van der Waals surface area (Å²) >= 11 is 0. The summed E-state index contributed by atoms with van der Waals surface area (Å²) in [6.07, 6.45) is -0.0538. The summed E-state index contributed by atoms with van der Waals surface area (Å²) in [4.78, 5) is 11.9. The molecule has 0 aliphatic rings. The number of rotatable bonds is 8. The lowest BCUT2D eigenvalue weighted by atomic mass is 10.0. The van der Waals surface area contributed by atoms with Crippen LogP contribution < -0.4 is 10.6 Å². The molecule has 1 aromatic rings. The highest BCUT2D eigenvalue weighted by Gasteiger charge is 2.17. The first kappa shape index (κ1) is 19.3. The number of aliphatic hydroxyl groups excluding tert-OH is 1. The number of hydrogen-bond donors (Lipinski definition) is 3. The van der Waals surface area contributed by atoms with E-state index < -0.39 is 29.8 Å². The van der Waals surface area contributed by atoms with Gasteiger partial charge in [0.1, 0.15) is 0 Å². The van der Waals surface area contributed by atoms with Crippen molar-refractivity contribution in [3.05, 3.63) is 35.4 Å². The molecule has 5 nitrogen and oxygen atoms in total. The van der Waals surface area contributed by atoms with Crippen LogP contribution in [0.3, 0.4) is 0 Å². The van der Waals surface area contributed by atoms with Crippen LogP contribution in [0.15, 0.2) is 18.2 Å². The number of carbonyl (C=O) groups excluding carboxylic acids is 1. The predicted molar refractivity (Wildman–Crippen MR) is 83.0 cm³/mol. The van der Waals surface area contributed by atoms with Gasteiger partial charge in [0.15, 0.2) is 11.6 Å². The molecule has 0 fully saturated rings. The molecule has 0 saturated heterocycles. The summed E-state index contributed by atoms with van der Waals surface area (Å²) in [6, 6.07) is 2.36. The first-order valence-electron chi connectivity index (χ1n) is 7.51. The highest BCUT2D eigenvalue weighted by Crippen LogP contribution is 2.16. The number of halogens is 2. The molecule has 23 heavy (non-hydrogen) atoms. The molecule has 0 aliphatic heterocycles. The molecular formula is C16H24F2N2O3. The summed E-state index contributed by atoms with van der Waals surface area (Å²) in [6.45, 7) is 4.21. The fourth-order valence-electron chi connectivity index (χ4n) is 1.99. The Kier molecular flexibility index (Phi) is 7.91. The highest BCUT2D eigenvalue weighted by atomic mass is 19.2. The summed E-state index contributed by atoms with van der Waals surface area (Å²) < 4.78 is 31.3. The highest BCUT2D eigenvalue weighted by molar-refractivity contribution is 5.74. The average molecular weight is 330 g/mol. The third-order valence-electron chi connectivity index (χ3n) is 3.48. The molecule has 2 atom stereocenters. The Morgan fingerprint density at radius 1 is 1.30 bits per heavy atom.